The van der Waals surface area contributed by atoms with Crippen LogP contribution in [0, 0.1) is 6.92 Å². The zero-order valence-corrected chi connectivity index (χ0v) is 13.1. The summed E-state index contributed by atoms with van der Waals surface area (Å²) < 4.78 is 0. The van der Waals surface area contributed by atoms with Crippen molar-refractivity contribution >= 4 is 5.71 Å². The van der Waals surface area contributed by atoms with Gasteiger partial charge in [0.15, 0.2) is 0 Å². The van der Waals surface area contributed by atoms with Gasteiger partial charge in [0.2, 0.25) is 0 Å². The largest absolute Gasteiger partial charge is 0.261 e. The maximum Gasteiger partial charge on any atom is 0.0534 e. The van der Waals surface area contributed by atoms with E-state index < -0.39 is 0 Å². The third-order valence-electron chi connectivity index (χ3n) is 2.46. The van der Waals surface area contributed by atoms with Crippen LogP contribution in [0.15, 0.2) is 47.2 Å². The standard InChI is InChI=1S/C13H14N2.2C2H6/c1-10-5-3-8-15-13(9-10)12-6-4-7-14-11(12)2;2*1-2/h3-8H,9H2,1-2H3;2*1-2H3. The van der Waals surface area contributed by atoms with Crippen molar-refractivity contribution in [2.24, 2.45) is 4.99 Å². The Morgan fingerprint density at radius 2 is 1.74 bits per heavy atom. The number of rotatable bonds is 1. The summed E-state index contributed by atoms with van der Waals surface area (Å²) in [6, 6.07) is 4.03. The average Bonchev–Trinajstić information content (AvgIpc) is 2.68. The molecule has 1 aromatic rings. The molecule has 0 saturated heterocycles. The fourth-order valence-electron chi connectivity index (χ4n) is 1.66. The minimum absolute atomic E-state index is 0.902. The third kappa shape index (κ3) is 5.64. The lowest BCUT2D eigenvalue weighted by molar-refractivity contribution is 1.17. The van der Waals surface area contributed by atoms with Gasteiger partial charge in [-0.1, -0.05) is 39.3 Å². The highest BCUT2D eigenvalue weighted by Gasteiger charge is 2.08. The summed E-state index contributed by atoms with van der Waals surface area (Å²) in [5.74, 6) is 0. The Labute approximate surface area is 118 Å². The number of aliphatic imine (C=N–C) groups is 1. The van der Waals surface area contributed by atoms with Crippen LogP contribution in [0.2, 0.25) is 0 Å². The normalized spacial score (nSPS) is 12.9. The molecule has 19 heavy (non-hydrogen) atoms. The lowest BCUT2D eigenvalue weighted by Gasteiger charge is -2.07. The first-order chi connectivity index (χ1) is 9.27. The summed E-state index contributed by atoms with van der Waals surface area (Å²) in [5, 5.41) is 0. The molecule has 1 aliphatic heterocycles. The number of hydrogen-bond donors (Lipinski definition) is 0. The molecule has 0 aliphatic carbocycles. The second-order valence-corrected chi connectivity index (χ2v) is 3.74. The summed E-state index contributed by atoms with van der Waals surface area (Å²) in [7, 11) is 0. The Morgan fingerprint density at radius 1 is 1.05 bits per heavy atom. The van der Waals surface area contributed by atoms with E-state index in [4.69, 9.17) is 0 Å². The van der Waals surface area contributed by atoms with E-state index >= 15 is 0 Å². The van der Waals surface area contributed by atoms with Gasteiger partial charge >= 0.3 is 0 Å². The SMILES string of the molecule is CC.CC.CC1=CC=CN=C(c2cccnc2C)C1. The lowest BCUT2D eigenvalue weighted by Crippen LogP contribution is -2.04. The number of hydrogen-bond acceptors (Lipinski definition) is 2. The summed E-state index contributed by atoms with van der Waals surface area (Å²) in [5.41, 5.74) is 4.62. The van der Waals surface area contributed by atoms with Crippen molar-refractivity contribution in [1.29, 1.82) is 0 Å². The second-order valence-electron chi connectivity index (χ2n) is 3.74. The molecule has 0 atom stereocenters. The van der Waals surface area contributed by atoms with Gasteiger partial charge in [0, 0.05) is 30.1 Å². The van der Waals surface area contributed by atoms with Crippen molar-refractivity contribution in [3.63, 3.8) is 0 Å². The van der Waals surface area contributed by atoms with E-state index in [0.717, 1.165) is 23.4 Å². The molecule has 0 fully saturated rings. The van der Waals surface area contributed by atoms with Gasteiger partial charge < -0.3 is 0 Å². The van der Waals surface area contributed by atoms with Crippen molar-refractivity contribution in [1.82, 2.24) is 4.98 Å². The van der Waals surface area contributed by atoms with Gasteiger partial charge in [-0.05, 0) is 32.1 Å². The summed E-state index contributed by atoms with van der Waals surface area (Å²) >= 11 is 0. The molecular weight excluding hydrogens is 232 g/mol. The van der Waals surface area contributed by atoms with Crippen molar-refractivity contribution < 1.29 is 0 Å². The van der Waals surface area contributed by atoms with Crippen LogP contribution in [0.1, 0.15) is 52.3 Å². The van der Waals surface area contributed by atoms with E-state index in [-0.39, 0.29) is 0 Å². The van der Waals surface area contributed by atoms with Gasteiger partial charge in [-0.3, -0.25) is 9.98 Å². The fraction of sp³-hybridized carbons (Fsp3) is 0.412. The number of aryl methyl sites for hydroxylation is 1. The molecule has 1 aliphatic rings. The van der Waals surface area contributed by atoms with Crippen LogP contribution in [-0.2, 0) is 0 Å². The molecule has 0 aromatic carbocycles. The number of pyridine rings is 1. The number of nitrogens with zero attached hydrogens (tertiary/aromatic N) is 2. The lowest BCUT2D eigenvalue weighted by atomic mass is 10.0. The topological polar surface area (TPSA) is 25.2 Å². The van der Waals surface area contributed by atoms with E-state index in [1.165, 1.54) is 5.57 Å². The van der Waals surface area contributed by atoms with Gasteiger partial charge in [-0.15, -0.1) is 0 Å². The molecule has 0 unspecified atom stereocenters. The highest BCUT2D eigenvalue weighted by Crippen LogP contribution is 2.15. The van der Waals surface area contributed by atoms with Crippen molar-refractivity contribution in [3.8, 4) is 0 Å². The monoisotopic (exact) mass is 258 g/mol. The van der Waals surface area contributed by atoms with Crippen LogP contribution in [0.4, 0.5) is 0 Å². The Morgan fingerprint density at radius 3 is 2.37 bits per heavy atom. The molecule has 0 bridgehead atoms. The second kappa shape index (κ2) is 10.2. The van der Waals surface area contributed by atoms with Crippen molar-refractivity contribution in [2.45, 2.75) is 48.0 Å². The van der Waals surface area contributed by atoms with Gasteiger partial charge in [0.1, 0.15) is 0 Å². The van der Waals surface area contributed by atoms with Crippen LogP contribution in [0.25, 0.3) is 0 Å². The smallest absolute Gasteiger partial charge is 0.0534 e. The van der Waals surface area contributed by atoms with E-state index in [1.807, 2.05) is 59.2 Å². The van der Waals surface area contributed by atoms with Crippen LogP contribution >= 0.6 is 0 Å². The minimum Gasteiger partial charge on any atom is -0.261 e. The van der Waals surface area contributed by atoms with E-state index in [9.17, 15) is 0 Å². The molecule has 0 radical (unpaired) electrons. The summed E-state index contributed by atoms with van der Waals surface area (Å²) in [6.07, 6.45) is 8.64. The molecule has 1 aromatic heterocycles. The molecule has 0 amide bonds. The fourth-order valence-corrected chi connectivity index (χ4v) is 1.66. The van der Waals surface area contributed by atoms with E-state index in [1.54, 1.807) is 0 Å². The van der Waals surface area contributed by atoms with E-state index in [2.05, 4.69) is 29.0 Å². The summed E-state index contributed by atoms with van der Waals surface area (Å²) in [4.78, 5) is 8.73. The maximum absolute atomic E-state index is 4.45. The molecule has 2 nitrogen and oxygen atoms in total. The Kier molecular flexibility index (Phi) is 9.33. The molecular formula is C17H26N2. The van der Waals surface area contributed by atoms with Gasteiger partial charge in [-0.2, -0.15) is 0 Å². The highest BCUT2D eigenvalue weighted by molar-refractivity contribution is 6.03. The molecule has 0 spiro atoms. The highest BCUT2D eigenvalue weighted by atomic mass is 14.7. The van der Waals surface area contributed by atoms with Crippen molar-refractivity contribution in [2.75, 3.05) is 0 Å². The Hall–Kier alpha value is -1.70. The predicted molar refractivity (Wildman–Crippen MR) is 85.7 cm³/mol. The van der Waals surface area contributed by atoms with Gasteiger partial charge in [0.05, 0.1) is 5.71 Å². The van der Waals surface area contributed by atoms with Crippen molar-refractivity contribution in [3.05, 3.63) is 53.5 Å². The molecule has 0 N–H and O–H groups in total. The Balaban J connectivity index is 0.000000741. The predicted octanol–water partition coefficient (Wildman–Crippen LogP) is 5.10. The minimum atomic E-state index is 0.902. The molecule has 2 rings (SSSR count). The first kappa shape index (κ1) is 17.3. The van der Waals surface area contributed by atoms with Crippen LogP contribution in [0.5, 0.6) is 0 Å². The first-order valence-corrected chi connectivity index (χ1v) is 7.08. The first-order valence-electron chi connectivity index (χ1n) is 7.08. The maximum atomic E-state index is 4.45. The summed E-state index contributed by atoms with van der Waals surface area (Å²) in [6.45, 7) is 12.1. The molecule has 2 heteroatoms. The zero-order chi connectivity index (χ0) is 14.7. The average molecular weight is 258 g/mol. The number of allylic oxidation sites excluding steroid dienone is 3. The Bertz CT molecular complexity index is 454. The molecule has 0 saturated carbocycles. The number of aromatic nitrogens is 1. The van der Waals surface area contributed by atoms with Gasteiger partial charge in [-0.25, -0.2) is 0 Å². The van der Waals surface area contributed by atoms with Crippen LogP contribution in [-0.4, -0.2) is 10.7 Å². The molecule has 104 valence electrons. The molecule has 2 heterocycles. The van der Waals surface area contributed by atoms with Crippen LogP contribution in [0.3, 0.4) is 0 Å². The zero-order valence-electron chi connectivity index (χ0n) is 13.1. The van der Waals surface area contributed by atoms with E-state index in [0.29, 0.717) is 0 Å². The van der Waals surface area contributed by atoms with Crippen LogP contribution < -0.4 is 0 Å². The van der Waals surface area contributed by atoms with Gasteiger partial charge in [0.25, 0.3) is 0 Å². The third-order valence-corrected chi connectivity index (χ3v) is 2.46. The quantitative estimate of drug-likeness (QED) is 0.688.